The Kier molecular flexibility index (Phi) is 18.9. The Labute approximate surface area is 423 Å². The SMILES string of the molecule is C[C@H](NC(=O)[C@@H](Cc1c[nH]c2ccccc12)NC(=O)[C@@H](COCc1ccccc1)NC(=O)[C@@H](Cc1ccc(OCc2ccccc2)cc1)NC(=O)C(Cc1ccccc1)NC(=O)OCc1ccccc1)C(N)=O. The highest BCUT2D eigenvalue weighted by atomic mass is 16.5. The molecule has 73 heavy (non-hydrogen) atoms. The molecule has 0 fully saturated rings. The molecular formula is C57H59N7O9. The molecule has 7 aromatic rings. The summed E-state index contributed by atoms with van der Waals surface area (Å²) in [7, 11) is 0. The summed E-state index contributed by atoms with van der Waals surface area (Å²) in [5, 5.41) is 14.5. The van der Waals surface area contributed by atoms with Crippen LogP contribution in [0.3, 0.4) is 0 Å². The number of fused-ring (bicyclic) bond motifs is 1. The van der Waals surface area contributed by atoms with E-state index in [-0.39, 0.29) is 39.1 Å². The number of hydrogen-bond donors (Lipinski definition) is 7. The van der Waals surface area contributed by atoms with Crippen molar-refractivity contribution < 1.29 is 43.0 Å². The van der Waals surface area contributed by atoms with Gasteiger partial charge in [-0.25, -0.2) is 4.79 Å². The number of benzene rings is 6. The highest BCUT2D eigenvalue weighted by Gasteiger charge is 2.33. The van der Waals surface area contributed by atoms with Gasteiger partial charge in [0.05, 0.1) is 13.2 Å². The number of amides is 6. The van der Waals surface area contributed by atoms with Crippen LogP contribution in [0.2, 0.25) is 0 Å². The number of nitrogens with one attached hydrogen (secondary N) is 6. The summed E-state index contributed by atoms with van der Waals surface area (Å²) in [6.07, 6.45) is 0.849. The molecular weight excluding hydrogens is 927 g/mol. The Morgan fingerprint density at radius 3 is 1.52 bits per heavy atom. The molecule has 0 radical (unpaired) electrons. The average Bonchev–Trinajstić information content (AvgIpc) is 3.82. The van der Waals surface area contributed by atoms with Gasteiger partial charge < -0.3 is 51.5 Å². The normalized spacial score (nSPS) is 13.0. The Hall–Kier alpha value is -8.76. The number of aromatic amines is 1. The van der Waals surface area contributed by atoms with Crippen molar-refractivity contribution in [3.8, 4) is 5.75 Å². The second-order valence-corrected chi connectivity index (χ2v) is 17.5. The number of alkyl carbamates (subject to hydrolysis) is 1. The fourth-order valence-corrected chi connectivity index (χ4v) is 7.86. The molecule has 0 spiro atoms. The number of primary amides is 1. The van der Waals surface area contributed by atoms with Gasteiger partial charge in [0.15, 0.2) is 0 Å². The number of carbonyl (C=O) groups is 6. The smallest absolute Gasteiger partial charge is 0.408 e. The zero-order valence-corrected chi connectivity index (χ0v) is 40.3. The fraction of sp³-hybridized carbons (Fsp3) is 0.228. The van der Waals surface area contributed by atoms with E-state index in [1.165, 1.54) is 6.92 Å². The van der Waals surface area contributed by atoms with Crippen molar-refractivity contribution in [2.45, 2.75) is 76.2 Å². The summed E-state index contributed by atoms with van der Waals surface area (Å²) in [5.74, 6) is -3.17. The Balaban J connectivity index is 1.16. The van der Waals surface area contributed by atoms with Gasteiger partial charge in [0, 0.05) is 36.4 Å². The molecule has 0 bridgehead atoms. The van der Waals surface area contributed by atoms with Crippen LogP contribution in [0.4, 0.5) is 4.79 Å². The van der Waals surface area contributed by atoms with Crippen molar-refractivity contribution >= 4 is 46.5 Å². The number of H-pyrrole nitrogens is 1. The lowest BCUT2D eigenvalue weighted by atomic mass is 10.0. The number of aromatic nitrogens is 1. The van der Waals surface area contributed by atoms with Crippen LogP contribution >= 0.6 is 0 Å². The zero-order valence-electron chi connectivity index (χ0n) is 40.3. The fourth-order valence-electron chi connectivity index (χ4n) is 7.86. The molecule has 16 heteroatoms. The minimum Gasteiger partial charge on any atom is -0.489 e. The first-order chi connectivity index (χ1) is 35.5. The van der Waals surface area contributed by atoms with Crippen LogP contribution < -0.4 is 37.1 Å². The second kappa shape index (κ2) is 26.4. The van der Waals surface area contributed by atoms with Crippen molar-refractivity contribution in [3.63, 3.8) is 0 Å². The number of nitrogens with two attached hydrogens (primary N) is 1. The maximum absolute atomic E-state index is 14.8. The van der Waals surface area contributed by atoms with Crippen molar-refractivity contribution in [1.29, 1.82) is 0 Å². The quantitative estimate of drug-likeness (QED) is 0.0370. The Morgan fingerprint density at radius 2 is 0.932 bits per heavy atom. The van der Waals surface area contributed by atoms with Crippen molar-refractivity contribution in [1.82, 2.24) is 31.6 Å². The van der Waals surface area contributed by atoms with E-state index in [0.717, 1.165) is 33.2 Å². The molecule has 0 aliphatic rings. The largest absolute Gasteiger partial charge is 0.489 e. The van der Waals surface area contributed by atoms with E-state index < -0.39 is 65.8 Å². The third kappa shape index (κ3) is 16.1. The maximum atomic E-state index is 14.8. The number of rotatable bonds is 25. The Bertz CT molecular complexity index is 2900. The molecule has 6 amide bonds. The molecule has 16 nitrogen and oxygen atoms in total. The van der Waals surface area contributed by atoms with Crippen LogP contribution in [0.5, 0.6) is 5.75 Å². The number of carbonyl (C=O) groups excluding carboxylic acids is 6. The lowest BCUT2D eigenvalue weighted by molar-refractivity contribution is -0.135. The van der Waals surface area contributed by atoms with E-state index in [0.29, 0.717) is 23.5 Å². The predicted octanol–water partition coefficient (Wildman–Crippen LogP) is 5.73. The van der Waals surface area contributed by atoms with E-state index in [1.807, 2.05) is 121 Å². The second-order valence-electron chi connectivity index (χ2n) is 17.5. The molecule has 0 saturated heterocycles. The zero-order chi connectivity index (χ0) is 51.4. The van der Waals surface area contributed by atoms with Crippen LogP contribution in [0.1, 0.15) is 40.3 Å². The highest BCUT2D eigenvalue weighted by molar-refractivity contribution is 5.97. The standard InChI is InChI=1S/C57H59N7O9/c1-38(52(58)65)60-53(66)50(32-44-33-59-47-25-15-14-24-46(44)47)62-56(69)51(37-71-34-41-18-8-3-9-19-41)63-54(67)48(31-40-26-28-45(29-27-40)72-35-42-20-10-4-11-21-42)61-55(68)49(30-39-16-6-2-7-17-39)64-57(70)73-36-43-22-12-5-13-23-43/h2-29,33,38,48-51,59H,30-32,34-37H2,1H3,(H2,58,65)(H,60,66)(H,61,68)(H,62,69)(H,63,67)(H,64,70)/t38-,48+,49?,50+,51+/m0/s1. The number of para-hydroxylation sites is 1. The van der Waals surface area contributed by atoms with Gasteiger partial charge in [-0.2, -0.15) is 0 Å². The molecule has 7 rings (SSSR count). The predicted molar refractivity (Wildman–Crippen MR) is 275 cm³/mol. The summed E-state index contributed by atoms with van der Waals surface area (Å²) in [6.45, 7) is 1.42. The number of ether oxygens (including phenoxy) is 3. The average molecular weight is 986 g/mol. The van der Waals surface area contributed by atoms with Crippen LogP contribution in [-0.4, -0.2) is 77.4 Å². The summed E-state index contributed by atoms with van der Waals surface area (Å²) in [5.41, 5.74) is 10.9. The van der Waals surface area contributed by atoms with Gasteiger partial charge in [-0.05, 0) is 58.5 Å². The topological polar surface area (TPSA) is 232 Å². The molecule has 0 aliphatic carbocycles. The first kappa shape index (κ1) is 52.1. The van der Waals surface area contributed by atoms with Crippen LogP contribution in [-0.2, 0) is 72.5 Å². The highest BCUT2D eigenvalue weighted by Crippen LogP contribution is 2.20. The summed E-state index contributed by atoms with van der Waals surface area (Å²) < 4.78 is 17.6. The third-order valence-electron chi connectivity index (χ3n) is 11.9. The van der Waals surface area contributed by atoms with E-state index in [2.05, 4.69) is 31.6 Å². The molecule has 5 atom stereocenters. The minimum absolute atomic E-state index is 0.00800. The minimum atomic E-state index is -1.43. The molecule has 0 saturated carbocycles. The van der Waals surface area contributed by atoms with E-state index in [1.54, 1.807) is 54.7 Å². The summed E-state index contributed by atoms with van der Waals surface area (Å²) in [4.78, 5) is 86.4. The van der Waals surface area contributed by atoms with Crippen molar-refractivity contribution in [3.05, 3.63) is 209 Å². The van der Waals surface area contributed by atoms with E-state index in [9.17, 15) is 28.8 Å². The first-order valence-electron chi connectivity index (χ1n) is 23.9. The van der Waals surface area contributed by atoms with Crippen LogP contribution in [0.15, 0.2) is 176 Å². The van der Waals surface area contributed by atoms with Crippen molar-refractivity contribution in [2.24, 2.45) is 5.73 Å². The van der Waals surface area contributed by atoms with Gasteiger partial charge >= 0.3 is 6.09 Å². The van der Waals surface area contributed by atoms with Crippen molar-refractivity contribution in [2.75, 3.05) is 6.61 Å². The van der Waals surface area contributed by atoms with Gasteiger partial charge in [-0.1, -0.05) is 152 Å². The van der Waals surface area contributed by atoms with Crippen LogP contribution in [0.25, 0.3) is 10.9 Å². The summed E-state index contributed by atoms with van der Waals surface area (Å²) in [6, 6.07) is 45.2. The van der Waals surface area contributed by atoms with Gasteiger partial charge in [0.2, 0.25) is 29.5 Å². The van der Waals surface area contributed by atoms with Crippen LogP contribution in [0, 0.1) is 0 Å². The van der Waals surface area contributed by atoms with E-state index in [4.69, 9.17) is 19.9 Å². The van der Waals surface area contributed by atoms with E-state index >= 15 is 0 Å². The first-order valence-corrected chi connectivity index (χ1v) is 23.9. The molecule has 0 aliphatic heterocycles. The maximum Gasteiger partial charge on any atom is 0.408 e. The molecule has 1 aromatic heterocycles. The summed E-state index contributed by atoms with van der Waals surface area (Å²) >= 11 is 0. The third-order valence-corrected chi connectivity index (χ3v) is 11.9. The lowest BCUT2D eigenvalue weighted by Gasteiger charge is -2.27. The molecule has 376 valence electrons. The van der Waals surface area contributed by atoms with Gasteiger partial charge in [0.1, 0.15) is 49.2 Å². The molecule has 1 heterocycles. The lowest BCUT2D eigenvalue weighted by Crippen LogP contribution is -2.60. The number of hydrogen-bond acceptors (Lipinski definition) is 9. The molecule has 6 aromatic carbocycles. The van der Waals surface area contributed by atoms with Gasteiger partial charge in [0.25, 0.3) is 0 Å². The molecule has 8 N–H and O–H groups in total. The monoisotopic (exact) mass is 985 g/mol. The van der Waals surface area contributed by atoms with Gasteiger partial charge in [-0.15, -0.1) is 0 Å². The van der Waals surface area contributed by atoms with Gasteiger partial charge in [-0.3, -0.25) is 24.0 Å². The molecule has 1 unspecified atom stereocenters. The Morgan fingerprint density at radius 1 is 0.479 bits per heavy atom.